The van der Waals surface area contributed by atoms with Crippen LogP contribution in [0.25, 0.3) is 0 Å². The van der Waals surface area contributed by atoms with Gasteiger partial charge in [-0.1, -0.05) is 6.42 Å². The van der Waals surface area contributed by atoms with E-state index in [-0.39, 0.29) is 11.9 Å². The van der Waals surface area contributed by atoms with Crippen LogP contribution in [0.4, 0.5) is 0 Å². The summed E-state index contributed by atoms with van der Waals surface area (Å²) in [4.78, 5) is 27.2. The van der Waals surface area contributed by atoms with Crippen molar-refractivity contribution in [1.29, 1.82) is 0 Å². The Hall–Kier alpha value is -1.98. The maximum Gasteiger partial charge on any atom is 0.271 e. The van der Waals surface area contributed by atoms with Crippen LogP contribution in [0.15, 0.2) is 6.07 Å². The van der Waals surface area contributed by atoms with Crippen LogP contribution in [0.5, 0.6) is 0 Å². The number of amides is 2. The Bertz CT molecular complexity index is 710. The minimum Gasteiger partial charge on any atom is -0.351 e. The molecule has 3 aliphatic rings. The van der Waals surface area contributed by atoms with E-state index in [9.17, 15) is 9.59 Å². The number of aryl methyl sites for hydroxylation is 2. The summed E-state index contributed by atoms with van der Waals surface area (Å²) >= 11 is 0. The van der Waals surface area contributed by atoms with Gasteiger partial charge in [0.1, 0.15) is 0 Å². The maximum absolute atomic E-state index is 12.8. The molecule has 4 rings (SSSR count). The predicted octanol–water partition coefficient (Wildman–Crippen LogP) is 2.25. The molecule has 2 heterocycles. The largest absolute Gasteiger partial charge is 0.351 e. The summed E-state index contributed by atoms with van der Waals surface area (Å²) in [7, 11) is 0. The van der Waals surface area contributed by atoms with Crippen LogP contribution < -0.4 is 5.32 Å². The normalized spacial score (nSPS) is 29.5. The maximum atomic E-state index is 12.8. The van der Waals surface area contributed by atoms with Crippen LogP contribution in [-0.4, -0.2) is 46.0 Å². The van der Waals surface area contributed by atoms with Crippen molar-refractivity contribution >= 4 is 11.8 Å². The minimum atomic E-state index is -0.187. The lowest BCUT2D eigenvalue weighted by Crippen LogP contribution is -2.39. The molecule has 1 saturated heterocycles. The van der Waals surface area contributed by atoms with Crippen molar-refractivity contribution in [2.45, 2.75) is 58.4 Å². The Balaban J connectivity index is 1.27. The van der Waals surface area contributed by atoms with E-state index in [0.717, 1.165) is 37.1 Å². The molecular weight excluding hydrogens is 328 g/mol. The molecule has 0 radical (unpaired) electrons. The first-order chi connectivity index (χ1) is 12.6. The number of hydrogen-bond acceptors (Lipinski definition) is 4. The number of carbonyl (C=O) groups is 2. The van der Waals surface area contributed by atoms with Crippen molar-refractivity contribution in [3.8, 4) is 0 Å². The van der Waals surface area contributed by atoms with Gasteiger partial charge in [-0.25, -0.2) is 0 Å². The van der Waals surface area contributed by atoms with Gasteiger partial charge in [-0.05, 0) is 69.4 Å². The van der Waals surface area contributed by atoms with Crippen LogP contribution in [0.1, 0.15) is 60.3 Å². The summed E-state index contributed by atoms with van der Waals surface area (Å²) in [6.07, 6.45) is 6.73. The van der Waals surface area contributed by atoms with Crippen LogP contribution >= 0.6 is 0 Å². The summed E-state index contributed by atoms with van der Waals surface area (Å²) in [6.45, 7) is 5.26. The zero-order chi connectivity index (χ0) is 18.3. The van der Waals surface area contributed by atoms with Crippen LogP contribution in [0.3, 0.4) is 0 Å². The van der Waals surface area contributed by atoms with Crippen LogP contribution in [0, 0.1) is 31.6 Å². The second-order valence-corrected chi connectivity index (χ2v) is 8.15. The quantitative estimate of drug-likeness (QED) is 0.878. The molecule has 1 aromatic heterocycles. The molecule has 2 amide bonds. The molecule has 2 aliphatic carbocycles. The third-order valence-electron chi connectivity index (χ3n) is 6.58. The zero-order valence-corrected chi connectivity index (χ0v) is 15.7. The standard InChI is InChI=1S/C20H28N4O2/c1-12-11-17(23-22-13(12)2)19(25)21-9-8-14-5-4-10-24(14)20(26)18-15-6-3-7-16(15)18/h11,14-16,18H,3-10H2,1-2H3,(H,21,25)/t14-,15?,16?,18?/m1/s1. The van der Waals surface area contributed by atoms with Gasteiger partial charge in [0.15, 0.2) is 5.69 Å². The fourth-order valence-corrected chi connectivity index (χ4v) is 4.91. The first-order valence-corrected chi connectivity index (χ1v) is 9.96. The van der Waals surface area contributed by atoms with E-state index in [2.05, 4.69) is 20.4 Å². The van der Waals surface area contributed by atoms with Crippen molar-refractivity contribution in [3.05, 3.63) is 23.0 Å². The number of nitrogens with one attached hydrogen (secondary N) is 1. The summed E-state index contributed by atoms with van der Waals surface area (Å²) in [5.74, 6) is 1.85. The molecular formula is C20H28N4O2. The number of fused-ring (bicyclic) bond motifs is 1. The van der Waals surface area contributed by atoms with Gasteiger partial charge in [0.05, 0.1) is 5.69 Å². The van der Waals surface area contributed by atoms with E-state index in [0.29, 0.717) is 35.9 Å². The van der Waals surface area contributed by atoms with Gasteiger partial charge in [0, 0.05) is 25.0 Å². The number of nitrogens with zero attached hydrogens (tertiary/aromatic N) is 3. The summed E-state index contributed by atoms with van der Waals surface area (Å²) < 4.78 is 0. The molecule has 1 N–H and O–H groups in total. The van der Waals surface area contributed by atoms with E-state index in [1.165, 1.54) is 19.3 Å². The van der Waals surface area contributed by atoms with E-state index < -0.39 is 0 Å². The molecule has 2 saturated carbocycles. The Labute approximate surface area is 154 Å². The average Bonchev–Trinajstić information content (AvgIpc) is 2.99. The molecule has 1 aliphatic heterocycles. The van der Waals surface area contributed by atoms with Gasteiger partial charge in [-0.3, -0.25) is 9.59 Å². The lowest BCUT2D eigenvalue weighted by Gasteiger charge is -2.25. The Morgan fingerprint density at radius 1 is 1.15 bits per heavy atom. The monoisotopic (exact) mass is 356 g/mol. The molecule has 3 fully saturated rings. The molecule has 6 heteroatoms. The number of aromatic nitrogens is 2. The molecule has 0 bridgehead atoms. The highest BCUT2D eigenvalue weighted by Gasteiger charge is 2.58. The molecule has 3 atom stereocenters. The van der Waals surface area contributed by atoms with Crippen molar-refractivity contribution in [2.24, 2.45) is 17.8 Å². The predicted molar refractivity (Wildman–Crippen MR) is 97.5 cm³/mol. The van der Waals surface area contributed by atoms with E-state index >= 15 is 0 Å². The number of likely N-dealkylation sites (tertiary alicyclic amines) is 1. The van der Waals surface area contributed by atoms with Gasteiger partial charge in [0.2, 0.25) is 5.91 Å². The van der Waals surface area contributed by atoms with E-state index in [4.69, 9.17) is 0 Å². The summed E-state index contributed by atoms with van der Waals surface area (Å²) in [5.41, 5.74) is 2.16. The summed E-state index contributed by atoms with van der Waals surface area (Å²) in [5, 5.41) is 10.9. The molecule has 26 heavy (non-hydrogen) atoms. The van der Waals surface area contributed by atoms with Gasteiger partial charge in [0.25, 0.3) is 5.91 Å². The molecule has 1 aromatic rings. The highest BCUT2D eigenvalue weighted by molar-refractivity contribution is 5.92. The average molecular weight is 356 g/mol. The molecule has 0 spiro atoms. The van der Waals surface area contributed by atoms with Gasteiger partial charge in [-0.2, -0.15) is 5.10 Å². The van der Waals surface area contributed by atoms with Crippen LogP contribution in [0.2, 0.25) is 0 Å². The first-order valence-electron chi connectivity index (χ1n) is 9.96. The van der Waals surface area contributed by atoms with Crippen molar-refractivity contribution in [2.75, 3.05) is 13.1 Å². The highest BCUT2D eigenvalue weighted by atomic mass is 16.2. The molecule has 6 nitrogen and oxygen atoms in total. The summed E-state index contributed by atoms with van der Waals surface area (Å²) in [6, 6.07) is 2.05. The lowest BCUT2D eigenvalue weighted by atomic mass is 10.1. The minimum absolute atomic E-state index is 0.187. The first kappa shape index (κ1) is 17.4. The third-order valence-corrected chi connectivity index (χ3v) is 6.58. The van der Waals surface area contributed by atoms with Gasteiger partial charge < -0.3 is 10.2 Å². The second-order valence-electron chi connectivity index (χ2n) is 8.15. The number of hydrogen-bond donors (Lipinski definition) is 1. The Kier molecular flexibility index (Phi) is 4.67. The smallest absolute Gasteiger partial charge is 0.271 e. The molecule has 0 aromatic carbocycles. The lowest BCUT2D eigenvalue weighted by molar-refractivity contribution is -0.134. The van der Waals surface area contributed by atoms with E-state index in [1.54, 1.807) is 6.07 Å². The van der Waals surface area contributed by atoms with Crippen molar-refractivity contribution in [1.82, 2.24) is 20.4 Å². The second kappa shape index (κ2) is 6.97. The fourth-order valence-electron chi connectivity index (χ4n) is 4.91. The number of rotatable bonds is 5. The van der Waals surface area contributed by atoms with Gasteiger partial charge >= 0.3 is 0 Å². The van der Waals surface area contributed by atoms with Crippen molar-refractivity contribution in [3.63, 3.8) is 0 Å². The Morgan fingerprint density at radius 2 is 1.92 bits per heavy atom. The zero-order valence-electron chi connectivity index (χ0n) is 15.7. The highest BCUT2D eigenvalue weighted by Crippen LogP contribution is 2.58. The molecule has 2 unspecified atom stereocenters. The van der Waals surface area contributed by atoms with E-state index in [1.807, 2.05) is 13.8 Å². The third kappa shape index (κ3) is 3.21. The van der Waals surface area contributed by atoms with Crippen molar-refractivity contribution < 1.29 is 9.59 Å². The topological polar surface area (TPSA) is 75.2 Å². The van der Waals surface area contributed by atoms with Crippen LogP contribution in [-0.2, 0) is 4.79 Å². The Morgan fingerprint density at radius 3 is 2.65 bits per heavy atom. The molecule has 140 valence electrons. The SMILES string of the molecule is Cc1cc(C(=O)NCC[C@H]2CCCN2C(=O)C2C3CCCC32)nnc1C. The van der Waals surface area contributed by atoms with Gasteiger partial charge in [-0.15, -0.1) is 5.10 Å². The fraction of sp³-hybridized carbons (Fsp3) is 0.700. The number of carbonyl (C=O) groups excluding carboxylic acids is 2.